The van der Waals surface area contributed by atoms with Crippen LogP contribution < -0.4 is 0 Å². The highest BCUT2D eigenvalue weighted by molar-refractivity contribution is 9.11. The average Bonchev–Trinajstić information content (AvgIpc) is 2.84. The molecule has 12 heteroatoms. The molecular weight excluding hydrogens is 756 g/mol. The van der Waals surface area contributed by atoms with E-state index < -0.39 is 44.2 Å². The van der Waals surface area contributed by atoms with Crippen molar-refractivity contribution in [2.24, 2.45) is 0 Å². The van der Waals surface area contributed by atoms with Gasteiger partial charge in [0.05, 0.1) is 28.1 Å². The van der Waals surface area contributed by atoms with E-state index in [1.165, 1.54) is 36.4 Å². The fourth-order valence-corrected chi connectivity index (χ4v) is 14.0. The Hall–Kier alpha value is -1.83. The second-order valence-corrected chi connectivity index (χ2v) is 16.9. The summed E-state index contributed by atoms with van der Waals surface area (Å²) in [6.07, 6.45) is 0. The molecule has 0 aliphatic heterocycles. The van der Waals surface area contributed by atoms with Crippen molar-refractivity contribution in [1.29, 1.82) is 0 Å². The summed E-state index contributed by atoms with van der Waals surface area (Å²) in [6, 6.07) is 17.9. The van der Waals surface area contributed by atoms with Crippen LogP contribution in [-0.2, 0) is 29.5 Å². The number of sulfone groups is 3. The summed E-state index contributed by atoms with van der Waals surface area (Å²) in [7, 11) is -13.3. The molecule has 0 spiro atoms. The number of hydrogen-bond acceptors (Lipinski definition) is 6. The molecule has 39 heavy (non-hydrogen) atoms. The lowest BCUT2D eigenvalue weighted by Crippen LogP contribution is -2.15. The number of rotatable bonds is 6. The van der Waals surface area contributed by atoms with Crippen molar-refractivity contribution in [1.82, 2.24) is 0 Å². The first-order chi connectivity index (χ1) is 18.1. The molecule has 0 heterocycles. The van der Waals surface area contributed by atoms with Gasteiger partial charge in [0.1, 0.15) is 14.7 Å². The molecule has 0 bridgehead atoms. The second-order valence-electron chi connectivity index (χ2n) is 8.88. The Morgan fingerprint density at radius 2 is 0.564 bits per heavy atom. The third kappa shape index (κ3) is 5.43. The van der Waals surface area contributed by atoms with Gasteiger partial charge in [-0.15, -0.1) is 0 Å². The summed E-state index contributed by atoms with van der Waals surface area (Å²) >= 11 is 9.69. The third-order valence-electron chi connectivity index (χ3n) is 6.00. The minimum atomic E-state index is -4.42. The topological polar surface area (TPSA) is 102 Å². The summed E-state index contributed by atoms with van der Waals surface area (Å²) in [5, 5.41) is 0. The molecule has 6 nitrogen and oxygen atoms in total. The predicted molar refractivity (Wildman–Crippen MR) is 159 cm³/mol. The van der Waals surface area contributed by atoms with Gasteiger partial charge in [-0.3, -0.25) is 0 Å². The van der Waals surface area contributed by atoms with Crippen molar-refractivity contribution in [3.8, 4) is 0 Å². The van der Waals surface area contributed by atoms with E-state index in [0.717, 1.165) is 16.7 Å². The molecule has 0 N–H and O–H groups in total. The van der Waals surface area contributed by atoms with Crippen molar-refractivity contribution >= 4 is 77.3 Å². The van der Waals surface area contributed by atoms with E-state index in [1.807, 2.05) is 0 Å². The molecule has 0 atom stereocenters. The SMILES string of the molecule is Cc1ccc(S(=O)(=O)c2c(Br)c(S(=O)(=O)c3ccc(C)cc3)c(Br)c(S(=O)(=O)c3ccc(C)cc3)c2Br)cc1. The number of aryl methyl sites for hydroxylation is 3. The molecule has 0 unspecified atom stereocenters. The maximum absolute atomic E-state index is 14.0. The average molecular weight is 777 g/mol. The quantitative estimate of drug-likeness (QED) is 0.202. The highest BCUT2D eigenvalue weighted by atomic mass is 79.9. The van der Waals surface area contributed by atoms with Gasteiger partial charge in [-0.05, 0) is 105 Å². The molecule has 0 aliphatic rings. The standard InChI is InChI=1S/C27H21Br3O6S3/c1-16-4-10-19(11-5-16)37(31,32)25-22(28)26(38(33,34)20-12-6-17(2)7-13-20)24(30)27(23(25)29)39(35,36)21-14-8-18(3)9-15-21/h4-15H,1-3H3. The van der Waals surface area contributed by atoms with Crippen LogP contribution in [0.4, 0.5) is 0 Å². The van der Waals surface area contributed by atoms with Crippen molar-refractivity contribution in [3.63, 3.8) is 0 Å². The van der Waals surface area contributed by atoms with Gasteiger partial charge in [-0.1, -0.05) is 53.1 Å². The molecule has 0 saturated carbocycles. The van der Waals surface area contributed by atoms with Crippen molar-refractivity contribution in [3.05, 3.63) is 103 Å². The molecular formula is C27H21Br3O6S3. The van der Waals surface area contributed by atoms with Gasteiger partial charge in [0.25, 0.3) is 0 Å². The number of halogens is 3. The van der Waals surface area contributed by atoms with Crippen LogP contribution in [0.2, 0.25) is 0 Å². The van der Waals surface area contributed by atoms with Crippen LogP contribution >= 0.6 is 47.8 Å². The molecule has 0 aliphatic carbocycles. The largest absolute Gasteiger partial charge is 0.218 e. The summed E-state index contributed by atoms with van der Waals surface area (Å²) in [5.41, 5.74) is 2.44. The predicted octanol–water partition coefficient (Wildman–Crippen LogP) is 7.40. The van der Waals surface area contributed by atoms with Gasteiger partial charge in [0.2, 0.25) is 29.5 Å². The molecule has 0 fully saturated rings. The van der Waals surface area contributed by atoms with Gasteiger partial charge in [0.15, 0.2) is 0 Å². The molecule has 0 amide bonds. The Balaban J connectivity index is 2.17. The lowest BCUT2D eigenvalue weighted by molar-refractivity contribution is 0.588. The van der Waals surface area contributed by atoms with E-state index in [0.29, 0.717) is 0 Å². The highest BCUT2D eigenvalue weighted by Gasteiger charge is 2.39. The molecule has 0 saturated heterocycles. The van der Waals surface area contributed by atoms with Crippen molar-refractivity contribution in [2.75, 3.05) is 0 Å². The summed E-state index contributed by atoms with van der Waals surface area (Å²) < 4.78 is 82.8. The van der Waals surface area contributed by atoms with Gasteiger partial charge in [-0.25, -0.2) is 25.3 Å². The monoisotopic (exact) mass is 774 g/mol. The normalized spacial score (nSPS) is 12.5. The van der Waals surface area contributed by atoms with Crippen LogP contribution in [0, 0.1) is 20.8 Å². The first-order valence-electron chi connectivity index (χ1n) is 11.3. The van der Waals surface area contributed by atoms with E-state index in [4.69, 9.17) is 0 Å². The Bertz CT molecular complexity index is 1670. The fraction of sp³-hybridized carbons (Fsp3) is 0.111. The number of hydrogen-bond donors (Lipinski definition) is 0. The lowest BCUT2D eigenvalue weighted by Gasteiger charge is -2.20. The van der Waals surface area contributed by atoms with Crippen molar-refractivity contribution in [2.45, 2.75) is 50.1 Å². The minimum Gasteiger partial charge on any atom is -0.218 e. The Morgan fingerprint density at radius 1 is 0.385 bits per heavy atom. The first kappa shape index (κ1) is 30.1. The zero-order chi connectivity index (χ0) is 28.9. The van der Waals surface area contributed by atoms with Crippen LogP contribution in [-0.4, -0.2) is 25.3 Å². The molecule has 4 aromatic rings. The summed E-state index contributed by atoms with van der Waals surface area (Å²) in [4.78, 5) is -1.96. The zero-order valence-corrected chi connectivity index (χ0v) is 27.9. The molecule has 0 radical (unpaired) electrons. The molecule has 204 valence electrons. The number of benzene rings is 4. The molecule has 0 aromatic heterocycles. The van der Waals surface area contributed by atoms with Gasteiger partial charge in [-0.2, -0.15) is 0 Å². The maximum Gasteiger partial charge on any atom is 0.208 e. The van der Waals surface area contributed by atoms with Crippen LogP contribution in [0.15, 0.2) is 116 Å². The Labute approximate surface area is 253 Å². The maximum atomic E-state index is 14.0. The van der Waals surface area contributed by atoms with Gasteiger partial charge in [0, 0.05) is 0 Å². The summed E-state index contributed by atoms with van der Waals surface area (Å²) in [6.45, 7) is 5.38. The third-order valence-corrected chi connectivity index (χ3v) is 15.5. The lowest BCUT2D eigenvalue weighted by atomic mass is 10.2. The fourth-order valence-electron chi connectivity index (χ4n) is 3.81. The van der Waals surface area contributed by atoms with E-state index in [2.05, 4.69) is 47.8 Å². The van der Waals surface area contributed by atoms with E-state index in [-0.39, 0.29) is 28.1 Å². The summed E-state index contributed by atoms with van der Waals surface area (Å²) in [5.74, 6) is 0. The van der Waals surface area contributed by atoms with Gasteiger partial charge < -0.3 is 0 Å². The van der Waals surface area contributed by atoms with Crippen LogP contribution in [0.25, 0.3) is 0 Å². The van der Waals surface area contributed by atoms with Gasteiger partial charge >= 0.3 is 0 Å². The van der Waals surface area contributed by atoms with Crippen LogP contribution in [0.5, 0.6) is 0 Å². The molecule has 4 rings (SSSR count). The highest BCUT2D eigenvalue weighted by Crippen LogP contribution is 2.49. The zero-order valence-electron chi connectivity index (χ0n) is 20.7. The van der Waals surface area contributed by atoms with Crippen LogP contribution in [0.1, 0.15) is 16.7 Å². The Kier molecular flexibility index (Phi) is 8.40. The van der Waals surface area contributed by atoms with Crippen LogP contribution in [0.3, 0.4) is 0 Å². The smallest absolute Gasteiger partial charge is 0.208 e. The van der Waals surface area contributed by atoms with E-state index in [1.54, 1.807) is 57.2 Å². The van der Waals surface area contributed by atoms with Crippen molar-refractivity contribution < 1.29 is 25.3 Å². The van der Waals surface area contributed by atoms with E-state index in [9.17, 15) is 25.3 Å². The molecule has 4 aromatic carbocycles. The first-order valence-corrected chi connectivity index (χ1v) is 18.1. The van der Waals surface area contributed by atoms with E-state index >= 15 is 0 Å². The second kappa shape index (κ2) is 10.9. The minimum absolute atomic E-state index is 0.130. The Morgan fingerprint density at radius 3 is 0.744 bits per heavy atom.